The second-order valence-electron chi connectivity index (χ2n) is 7.10. The largest absolute Gasteiger partial charge is 0.383 e. The number of benzene rings is 1. The van der Waals surface area contributed by atoms with E-state index in [4.69, 9.17) is 10.8 Å². The summed E-state index contributed by atoms with van der Waals surface area (Å²) in [5, 5.41) is 10.2. The molecule has 1 saturated heterocycles. The zero-order chi connectivity index (χ0) is 18.2. The minimum Gasteiger partial charge on any atom is -0.383 e. The predicted octanol–water partition coefficient (Wildman–Crippen LogP) is 3.05. The summed E-state index contributed by atoms with van der Waals surface area (Å²) in [6.45, 7) is 2.96. The van der Waals surface area contributed by atoms with Crippen molar-refractivity contribution < 1.29 is 0 Å². The fourth-order valence-corrected chi connectivity index (χ4v) is 3.87. The molecule has 144 valence electrons. The van der Waals surface area contributed by atoms with Gasteiger partial charge in [-0.1, -0.05) is 18.2 Å². The van der Waals surface area contributed by atoms with Crippen LogP contribution in [0.4, 0.5) is 5.82 Å². The maximum absolute atomic E-state index is 6.22. The SMILES string of the molecule is Cl.Nc1ncnc2c1c(-c1cnc3ccccc3c1)nn2CC1CCNCC1. The maximum atomic E-state index is 6.22. The standard InChI is InChI=1S/C20H21N7.ClH/c21-19-17-18(15-9-14-3-1-2-4-16(14)23-10-15)26-27(20(17)25-12-24-19)11-13-5-7-22-8-6-13;/h1-4,9-10,12-13,22H,5-8,11H2,(H2,21,24,25);1H. The minimum atomic E-state index is 0. The second kappa shape index (κ2) is 7.69. The van der Waals surface area contributed by atoms with Crippen molar-refractivity contribution in [3.8, 4) is 11.3 Å². The van der Waals surface area contributed by atoms with Gasteiger partial charge in [0.05, 0.1) is 10.9 Å². The molecule has 3 N–H and O–H groups in total. The summed E-state index contributed by atoms with van der Waals surface area (Å²) in [6, 6.07) is 10.2. The summed E-state index contributed by atoms with van der Waals surface area (Å²) in [6.07, 6.45) is 5.66. The van der Waals surface area contributed by atoms with Crippen LogP contribution in [-0.2, 0) is 6.54 Å². The van der Waals surface area contributed by atoms with Crippen LogP contribution in [0.3, 0.4) is 0 Å². The fraction of sp³-hybridized carbons (Fsp3) is 0.300. The number of nitrogens with zero attached hydrogens (tertiary/aromatic N) is 5. The highest BCUT2D eigenvalue weighted by atomic mass is 35.5. The van der Waals surface area contributed by atoms with Gasteiger partial charge in [0.1, 0.15) is 17.8 Å². The summed E-state index contributed by atoms with van der Waals surface area (Å²) < 4.78 is 1.99. The molecular formula is C20H22ClN7. The molecule has 1 aliphatic rings. The van der Waals surface area contributed by atoms with Gasteiger partial charge < -0.3 is 11.1 Å². The third-order valence-electron chi connectivity index (χ3n) is 5.31. The number of para-hydroxylation sites is 1. The lowest BCUT2D eigenvalue weighted by molar-refractivity contribution is 0.325. The molecule has 3 aromatic heterocycles. The summed E-state index contributed by atoms with van der Waals surface area (Å²) in [5.74, 6) is 1.05. The normalized spacial score (nSPS) is 15.0. The number of nitrogens with one attached hydrogen (secondary N) is 1. The van der Waals surface area contributed by atoms with Gasteiger partial charge in [-0.25, -0.2) is 14.6 Å². The quantitative estimate of drug-likeness (QED) is 0.553. The van der Waals surface area contributed by atoms with E-state index in [0.717, 1.165) is 65.7 Å². The lowest BCUT2D eigenvalue weighted by Crippen LogP contribution is -2.30. The summed E-state index contributed by atoms with van der Waals surface area (Å²) in [7, 11) is 0. The molecule has 0 spiro atoms. The third-order valence-corrected chi connectivity index (χ3v) is 5.31. The average Bonchev–Trinajstić information content (AvgIpc) is 3.08. The average molecular weight is 396 g/mol. The molecule has 8 heteroatoms. The molecular weight excluding hydrogens is 374 g/mol. The fourth-order valence-electron chi connectivity index (χ4n) is 3.87. The highest BCUT2D eigenvalue weighted by molar-refractivity contribution is 5.99. The summed E-state index contributed by atoms with van der Waals surface area (Å²) >= 11 is 0. The zero-order valence-electron chi connectivity index (χ0n) is 15.4. The zero-order valence-corrected chi connectivity index (χ0v) is 16.2. The monoisotopic (exact) mass is 395 g/mol. The Bertz CT molecular complexity index is 1120. The smallest absolute Gasteiger partial charge is 0.163 e. The highest BCUT2D eigenvalue weighted by Gasteiger charge is 2.21. The predicted molar refractivity (Wildman–Crippen MR) is 113 cm³/mol. The van der Waals surface area contributed by atoms with Crippen LogP contribution in [0.2, 0.25) is 0 Å². The van der Waals surface area contributed by atoms with Crippen LogP contribution in [0.5, 0.6) is 0 Å². The number of hydrogen-bond donors (Lipinski definition) is 2. The molecule has 1 aliphatic heterocycles. The lowest BCUT2D eigenvalue weighted by atomic mass is 9.98. The topological polar surface area (TPSA) is 94.5 Å². The molecule has 0 saturated carbocycles. The van der Waals surface area contributed by atoms with Crippen molar-refractivity contribution in [1.82, 2.24) is 30.0 Å². The van der Waals surface area contributed by atoms with Gasteiger partial charge in [0, 0.05) is 23.7 Å². The van der Waals surface area contributed by atoms with Crippen molar-refractivity contribution in [3.63, 3.8) is 0 Å². The van der Waals surface area contributed by atoms with Gasteiger partial charge in [0.2, 0.25) is 0 Å². The first-order valence-electron chi connectivity index (χ1n) is 9.32. The van der Waals surface area contributed by atoms with E-state index in [2.05, 4.69) is 32.4 Å². The Morgan fingerprint density at radius 1 is 1.11 bits per heavy atom. The third kappa shape index (κ3) is 3.27. The minimum absolute atomic E-state index is 0. The van der Waals surface area contributed by atoms with Crippen molar-refractivity contribution >= 4 is 40.2 Å². The van der Waals surface area contributed by atoms with Crippen LogP contribution in [-0.4, -0.2) is 37.8 Å². The van der Waals surface area contributed by atoms with E-state index in [-0.39, 0.29) is 12.4 Å². The number of nitrogen functional groups attached to an aromatic ring is 1. The highest BCUT2D eigenvalue weighted by Crippen LogP contribution is 2.32. The van der Waals surface area contributed by atoms with Gasteiger partial charge in [-0.3, -0.25) is 4.98 Å². The Morgan fingerprint density at radius 3 is 2.79 bits per heavy atom. The molecule has 0 radical (unpaired) electrons. The Morgan fingerprint density at radius 2 is 1.93 bits per heavy atom. The number of hydrogen-bond acceptors (Lipinski definition) is 6. The Hall–Kier alpha value is -2.77. The van der Waals surface area contributed by atoms with Crippen molar-refractivity contribution in [3.05, 3.63) is 42.9 Å². The van der Waals surface area contributed by atoms with Crippen LogP contribution < -0.4 is 11.1 Å². The Labute approximate surface area is 168 Å². The lowest BCUT2D eigenvalue weighted by Gasteiger charge is -2.22. The molecule has 0 aliphatic carbocycles. The van der Waals surface area contributed by atoms with Gasteiger partial charge in [0.15, 0.2) is 5.65 Å². The first kappa shape index (κ1) is 18.6. The second-order valence-corrected chi connectivity index (χ2v) is 7.10. The van der Waals surface area contributed by atoms with Crippen LogP contribution >= 0.6 is 12.4 Å². The number of rotatable bonds is 3. The van der Waals surface area contributed by atoms with E-state index in [1.54, 1.807) is 0 Å². The Balaban J connectivity index is 0.00000192. The van der Waals surface area contributed by atoms with Crippen molar-refractivity contribution in [2.24, 2.45) is 5.92 Å². The number of anilines is 1. The molecule has 7 nitrogen and oxygen atoms in total. The number of fused-ring (bicyclic) bond motifs is 2. The molecule has 1 aromatic carbocycles. The number of pyridine rings is 1. The first-order valence-corrected chi connectivity index (χ1v) is 9.32. The summed E-state index contributed by atoms with van der Waals surface area (Å²) in [5.41, 5.74) is 9.71. The van der Waals surface area contributed by atoms with E-state index in [1.807, 2.05) is 29.1 Å². The van der Waals surface area contributed by atoms with Crippen LogP contribution in [0.15, 0.2) is 42.9 Å². The molecule has 5 rings (SSSR count). The molecule has 0 amide bonds. The van der Waals surface area contributed by atoms with Gasteiger partial charge >= 0.3 is 0 Å². The van der Waals surface area contributed by atoms with Crippen LogP contribution in [0.1, 0.15) is 12.8 Å². The van der Waals surface area contributed by atoms with E-state index in [1.165, 1.54) is 6.33 Å². The van der Waals surface area contributed by atoms with Gasteiger partial charge in [-0.05, 0) is 44.0 Å². The van der Waals surface area contributed by atoms with Crippen molar-refractivity contribution in [1.29, 1.82) is 0 Å². The first-order chi connectivity index (χ1) is 13.3. The number of nitrogens with two attached hydrogens (primary N) is 1. The molecule has 0 unspecified atom stereocenters. The molecule has 1 fully saturated rings. The van der Waals surface area contributed by atoms with Crippen molar-refractivity contribution in [2.45, 2.75) is 19.4 Å². The molecule has 4 aromatic rings. The molecule has 28 heavy (non-hydrogen) atoms. The number of piperidine rings is 1. The Kier molecular flexibility index (Phi) is 5.11. The van der Waals surface area contributed by atoms with E-state index < -0.39 is 0 Å². The van der Waals surface area contributed by atoms with E-state index in [0.29, 0.717) is 11.7 Å². The molecule has 4 heterocycles. The number of halogens is 1. The summed E-state index contributed by atoms with van der Waals surface area (Å²) in [4.78, 5) is 13.3. The molecule has 0 atom stereocenters. The molecule has 0 bridgehead atoms. The van der Waals surface area contributed by atoms with Gasteiger partial charge in [-0.15, -0.1) is 12.4 Å². The van der Waals surface area contributed by atoms with E-state index in [9.17, 15) is 0 Å². The number of aromatic nitrogens is 5. The van der Waals surface area contributed by atoms with E-state index >= 15 is 0 Å². The van der Waals surface area contributed by atoms with Crippen LogP contribution in [0.25, 0.3) is 33.2 Å². The van der Waals surface area contributed by atoms with Gasteiger partial charge in [-0.2, -0.15) is 5.10 Å². The maximum Gasteiger partial charge on any atom is 0.163 e. The van der Waals surface area contributed by atoms with Crippen LogP contribution in [0, 0.1) is 5.92 Å². The van der Waals surface area contributed by atoms with Gasteiger partial charge in [0.25, 0.3) is 0 Å². The van der Waals surface area contributed by atoms with Crippen molar-refractivity contribution in [2.75, 3.05) is 18.8 Å².